The molecule has 2 rings (SSSR count). The number of carbonyl (C=O) groups is 2. The average Bonchev–Trinajstić information content (AvgIpc) is 2.79. The number of aliphatic hydroxyl groups is 1. The van der Waals surface area contributed by atoms with Gasteiger partial charge in [-0.2, -0.15) is 0 Å². The molecule has 2 saturated heterocycles. The summed E-state index contributed by atoms with van der Waals surface area (Å²) in [5.41, 5.74) is -1.85. The van der Waals surface area contributed by atoms with Gasteiger partial charge in [0.25, 0.3) is 0 Å². The van der Waals surface area contributed by atoms with Crippen molar-refractivity contribution in [1.29, 1.82) is 0 Å². The van der Waals surface area contributed by atoms with Gasteiger partial charge in [0.1, 0.15) is 11.5 Å². The Hall–Kier alpha value is -1.10. The van der Waals surface area contributed by atoms with Crippen molar-refractivity contribution in [2.24, 2.45) is 17.3 Å². The van der Waals surface area contributed by atoms with Crippen LogP contribution in [-0.2, 0) is 28.5 Å². The van der Waals surface area contributed by atoms with Gasteiger partial charge >= 0.3 is 5.97 Å². The monoisotopic (exact) mass is 514 g/mol. The van der Waals surface area contributed by atoms with Crippen molar-refractivity contribution in [3.63, 3.8) is 0 Å². The fourth-order valence-corrected chi connectivity index (χ4v) is 5.67. The van der Waals surface area contributed by atoms with Crippen molar-refractivity contribution in [1.82, 2.24) is 9.80 Å². The van der Waals surface area contributed by atoms with Crippen LogP contribution >= 0.6 is 0 Å². The van der Waals surface area contributed by atoms with Crippen LogP contribution in [0.3, 0.4) is 0 Å². The van der Waals surface area contributed by atoms with Crippen LogP contribution in [-0.4, -0.2) is 104 Å². The molecule has 0 saturated carbocycles. The Morgan fingerprint density at radius 2 is 1.75 bits per heavy atom. The summed E-state index contributed by atoms with van der Waals surface area (Å²) >= 11 is 0. The molecule has 2 aliphatic heterocycles. The predicted octanol–water partition coefficient (Wildman–Crippen LogP) is 2.69. The van der Waals surface area contributed by atoms with E-state index in [4.69, 9.17) is 18.9 Å². The third-order valence-electron chi connectivity index (χ3n) is 7.81. The van der Waals surface area contributed by atoms with E-state index >= 15 is 0 Å². The number of nitrogens with zero attached hydrogens (tertiary/aromatic N) is 2. The Kier molecular flexibility index (Phi) is 10.9. The lowest BCUT2D eigenvalue weighted by Crippen LogP contribution is -2.56. The normalized spacial score (nSPS) is 39.7. The topological polar surface area (TPSA) is 97.8 Å². The van der Waals surface area contributed by atoms with Crippen molar-refractivity contribution >= 4 is 11.8 Å². The van der Waals surface area contributed by atoms with Gasteiger partial charge in [-0.1, -0.05) is 20.8 Å². The molecule has 36 heavy (non-hydrogen) atoms. The number of hydrogen-bond acceptors (Lipinski definition) is 9. The first-order valence-electron chi connectivity index (χ1n) is 13.3. The Balaban J connectivity index is 2.37. The molecule has 9 nitrogen and oxygen atoms in total. The zero-order valence-electron chi connectivity index (χ0n) is 24.1. The molecule has 0 aromatic rings. The molecule has 0 aromatic heterocycles. The number of hydrogen-bond donors (Lipinski definition) is 1. The van der Waals surface area contributed by atoms with Gasteiger partial charge in [0.2, 0.25) is 6.29 Å². The third-order valence-corrected chi connectivity index (χ3v) is 7.81. The predicted molar refractivity (Wildman–Crippen MR) is 137 cm³/mol. The van der Waals surface area contributed by atoms with Crippen molar-refractivity contribution in [3.8, 4) is 0 Å². The van der Waals surface area contributed by atoms with Crippen molar-refractivity contribution in [3.05, 3.63) is 0 Å². The van der Waals surface area contributed by atoms with Crippen molar-refractivity contribution in [2.45, 2.75) is 104 Å². The van der Waals surface area contributed by atoms with E-state index in [-0.39, 0.29) is 23.8 Å². The summed E-state index contributed by atoms with van der Waals surface area (Å²) in [6.07, 6.45) is -1.06. The molecule has 0 spiro atoms. The molecular formula is C27H50N2O7. The van der Waals surface area contributed by atoms with Crippen molar-refractivity contribution < 1.29 is 33.6 Å². The number of carbonyl (C=O) groups excluding carboxylic acids is 2. The van der Waals surface area contributed by atoms with Gasteiger partial charge in [-0.3, -0.25) is 14.5 Å². The summed E-state index contributed by atoms with van der Waals surface area (Å²) in [7, 11) is 5.50. The lowest BCUT2D eigenvalue weighted by molar-refractivity contribution is -0.304. The molecule has 8 atom stereocenters. The fraction of sp³-hybridized carbons (Fsp3) is 0.926. The Labute approximate surface area is 217 Å². The number of likely N-dealkylation sites (N-methyl/N-ethyl adjacent to an activating group) is 2. The molecule has 2 aliphatic rings. The first-order chi connectivity index (χ1) is 16.6. The largest absolute Gasteiger partial charge is 0.433 e. The van der Waals surface area contributed by atoms with Crippen LogP contribution in [0.2, 0.25) is 0 Å². The Morgan fingerprint density at radius 3 is 2.31 bits per heavy atom. The average molecular weight is 515 g/mol. The molecular weight excluding hydrogens is 464 g/mol. The van der Waals surface area contributed by atoms with E-state index in [1.54, 1.807) is 21.0 Å². The molecule has 0 radical (unpaired) electrons. The zero-order valence-corrected chi connectivity index (χ0v) is 24.1. The summed E-state index contributed by atoms with van der Waals surface area (Å²) in [6, 6.07) is -0.155. The smallest absolute Gasteiger partial charge is 0.321 e. The highest BCUT2D eigenvalue weighted by Crippen LogP contribution is 2.34. The van der Waals surface area contributed by atoms with E-state index in [1.807, 2.05) is 46.7 Å². The number of rotatable bonds is 5. The maximum absolute atomic E-state index is 13.4. The number of cyclic esters (lactones) is 1. The summed E-state index contributed by atoms with van der Waals surface area (Å²) in [6.45, 7) is 15.0. The highest BCUT2D eigenvalue weighted by atomic mass is 16.8. The number of aliphatic hydroxyl groups excluding tert-OH is 1. The maximum Gasteiger partial charge on any atom is 0.321 e. The molecule has 210 valence electrons. The van der Waals surface area contributed by atoms with Crippen LogP contribution in [0.5, 0.6) is 0 Å². The second-order valence-corrected chi connectivity index (χ2v) is 12.0. The summed E-state index contributed by atoms with van der Waals surface area (Å²) in [4.78, 5) is 30.9. The summed E-state index contributed by atoms with van der Waals surface area (Å²) in [5.74, 6) is -0.965. The highest BCUT2D eigenvalue weighted by molar-refractivity contribution is 6.03. The number of Topliss-reactive ketones (excluding diaryl/α,β-unsaturated/α-hetero) is 1. The molecule has 1 N–H and O–H groups in total. The minimum atomic E-state index is -1.36. The van der Waals surface area contributed by atoms with E-state index in [2.05, 4.69) is 11.8 Å². The van der Waals surface area contributed by atoms with Crippen LogP contribution in [0.25, 0.3) is 0 Å². The Bertz CT molecular complexity index is 746. The molecule has 0 bridgehead atoms. The summed E-state index contributed by atoms with van der Waals surface area (Å²) < 4.78 is 23.9. The number of ketones is 1. The molecule has 2 heterocycles. The quantitative estimate of drug-likeness (QED) is 0.439. The SMILES string of the molecule is CCN1CC(C)CC(C)(OC)CC(C)C(=O)C(C)(C)C(=O)OC(O[C@@H]2O[C@H](C)C[C@H](N(C)C)[C@H]2O)C1. The van der Waals surface area contributed by atoms with Gasteiger partial charge in [-0.15, -0.1) is 0 Å². The minimum Gasteiger partial charge on any atom is -0.433 e. The molecule has 2 fully saturated rings. The van der Waals surface area contributed by atoms with Crippen LogP contribution < -0.4 is 0 Å². The lowest BCUT2D eigenvalue weighted by Gasteiger charge is -2.42. The van der Waals surface area contributed by atoms with Crippen LogP contribution in [0.15, 0.2) is 0 Å². The summed E-state index contributed by atoms with van der Waals surface area (Å²) in [5, 5.41) is 11.0. The van der Waals surface area contributed by atoms with E-state index in [0.717, 1.165) is 19.5 Å². The number of methoxy groups -OCH3 is 1. The second-order valence-electron chi connectivity index (χ2n) is 12.0. The first-order valence-corrected chi connectivity index (χ1v) is 13.3. The minimum absolute atomic E-state index is 0.135. The van der Waals surface area contributed by atoms with E-state index in [1.165, 1.54) is 0 Å². The third kappa shape index (κ3) is 7.71. The van der Waals surface area contributed by atoms with Gasteiger partial charge < -0.3 is 29.0 Å². The van der Waals surface area contributed by atoms with E-state index in [0.29, 0.717) is 19.4 Å². The maximum atomic E-state index is 13.4. The highest BCUT2D eigenvalue weighted by Gasteiger charge is 2.45. The van der Waals surface area contributed by atoms with Gasteiger partial charge in [0.15, 0.2) is 12.1 Å². The van der Waals surface area contributed by atoms with Gasteiger partial charge in [-0.25, -0.2) is 0 Å². The fourth-order valence-electron chi connectivity index (χ4n) is 5.67. The second kappa shape index (κ2) is 12.6. The number of esters is 1. The standard InChI is InChI=1S/C27H50N2O7/c1-11-29-15-17(2)13-27(7,33-10)14-18(3)23(31)26(5,6)25(32)36-21(16-29)35-24-22(30)20(28(8)9)12-19(4)34-24/h17-22,24,30H,11-16H2,1-10H3/t17?,18?,19-,20+,21?,22-,24+,27?/m1/s1. The molecule has 0 amide bonds. The molecule has 4 unspecified atom stereocenters. The first kappa shape index (κ1) is 31.1. The molecule has 0 aromatic carbocycles. The number of ether oxygens (including phenoxy) is 4. The van der Waals surface area contributed by atoms with Gasteiger partial charge in [-0.05, 0) is 73.5 Å². The Morgan fingerprint density at radius 1 is 1.11 bits per heavy atom. The van der Waals surface area contributed by atoms with Crippen LogP contribution in [0.1, 0.15) is 67.7 Å². The molecule has 0 aliphatic carbocycles. The van der Waals surface area contributed by atoms with Gasteiger partial charge in [0.05, 0.1) is 18.2 Å². The molecule has 9 heteroatoms. The van der Waals surface area contributed by atoms with Crippen LogP contribution in [0.4, 0.5) is 0 Å². The van der Waals surface area contributed by atoms with Gasteiger partial charge in [0, 0.05) is 25.6 Å². The van der Waals surface area contributed by atoms with E-state index in [9.17, 15) is 14.7 Å². The van der Waals surface area contributed by atoms with E-state index < -0.39 is 41.6 Å². The lowest BCUT2D eigenvalue weighted by atomic mass is 9.76. The van der Waals surface area contributed by atoms with Crippen molar-refractivity contribution in [2.75, 3.05) is 40.8 Å². The zero-order chi connectivity index (χ0) is 27.4. The van der Waals surface area contributed by atoms with Crippen LogP contribution in [0, 0.1) is 17.3 Å².